The smallest absolute Gasteiger partial charge is 0.328 e. The number of nitrogens with two attached hydrogens (primary N) is 6. The van der Waals surface area contributed by atoms with E-state index in [0.29, 0.717) is 222 Å². The Balaban J connectivity index is 0.000000161. The number of nitriles is 5. The quantitative estimate of drug-likeness (QED) is 0.00761. The lowest BCUT2D eigenvalue weighted by Crippen LogP contribution is -2.18. The first-order chi connectivity index (χ1) is 68.5. The molecule has 0 atom stereocenters. The van der Waals surface area contributed by atoms with Crippen LogP contribution in [0.4, 0.5) is 34.9 Å². The molecule has 17 rings (SSSR count). The summed E-state index contributed by atoms with van der Waals surface area (Å²) in [6, 6.07) is 48.1. The zero-order chi connectivity index (χ0) is 101. The van der Waals surface area contributed by atoms with Crippen LogP contribution < -0.4 is 68.5 Å². The summed E-state index contributed by atoms with van der Waals surface area (Å²) in [5.74, 6) is 1.44. The van der Waals surface area contributed by atoms with Crippen molar-refractivity contribution in [2.75, 3.05) is 108 Å². The predicted molar refractivity (Wildman–Crippen MR) is 527 cm³/mol. The molecule has 0 fully saturated rings. The lowest BCUT2D eigenvalue weighted by molar-refractivity contribution is 0.244. The standard InChI is InChI=1S/C18H20N6O3.C17H17BrN6O2.C17H18N6O3.C17H18N6O2.C9H13N5O2.C8H6BrN.C5H4ClN5/c1-26-18-21-14-15(20)22-17(27-8-3-2-7-25)23-16(14)24(18)11-13-6-4-5-12(9-13)10-19;18-16-21-13-14(20)22-17(26-7-2-1-6-25)23-15(13)24(16)10-12-5-3-4-11(8-12)9-19;18-9-11-4-3-5-12(8-11)10-23-15-13(20-17(23)25)14(19)21-16(22-15)26-7-2-1-6-24;18-9-12-4-3-5-13(8-12)10-23-11-20-14-15(19)21-17(22-16(14)23)25-7-2-1-6-24;10-7-6-8(12-5-11-6)14-9(13-7)16-4-2-1-3-15;9-5-7-2-1-3-8(4-7)6-10;6-5-10-3(7)2-4(11-5)9-1-8-2/h4-6,9,25H,2-3,7-8,11H2,1H3,(H2,20,22,23);3-5,8,25H,1-2,6-7,10H2,(H2,20,22,23);3-5,8,24H,1-2,6-7,10H2,(H,20,25)(H2,19,21,22);3-5,8,11,24H,1-2,6-7,10H2,(H2,19,21,22);5,15H,1-4H2,(H3,10,11,12,13,14);1-4H,5H2;1H,(H3,7,8,9,10,11). The molecular formula is C91H96Br2ClN35O12. The van der Waals surface area contributed by atoms with Crippen LogP contribution in [0.3, 0.4) is 0 Å². The molecule has 17 aromatic rings. The molecular weight excluding hydrogens is 1970 g/mol. The van der Waals surface area contributed by atoms with Crippen molar-refractivity contribution in [1.82, 2.24) is 118 Å². The number of aromatic amines is 3. The van der Waals surface area contributed by atoms with Crippen LogP contribution in [-0.2, 0) is 31.5 Å². The third kappa shape index (κ3) is 29.9. The zero-order valence-electron chi connectivity index (χ0n) is 75.8. The highest BCUT2D eigenvalue weighted by Gasteiger charge is 2.23. The second-order valence-electron chi connectivity index (χ2n) is 29.9. The van der Waals surface area contributed by atoms with Gasteiger partial charge in [-0.2, -0.15) is 91.1 Å². The number of ether oxygens (including phenoxy) is 6. The Hall–Kier alpha value is -16.7. The molecule has 5 aromatic carbocycles. The Morgan fingerprint density at radius 1 is 0.383 bits per heavy atom. The van der Waals surface area contributed by atoms with Crippen LogP contribution in [0.2, 0.25) is 5.28 Å². The topological polar surface area (TPSA) is 735 Å². The number of nitrogens with zero attached hydrogens (tertiary/aromatic N) is 26. The number of nitrogens with one attached hydrogen (secondary N) is 3. The number of aliphatic hydroxyl groups excluding tert-OH is 5. The monoisotopic (exact) mass is 2060 g/mol. The van der Waals surface area contributed by atoms with E-state index in [0.717, 1.165) is 45.1 Å². The van der Waals surface area contributed by atoms with Gasteiger partial charge >= 0.3 is 35.7 Å². The minimum atomic E-state index is -0.374. The molecule has 0 radical (unpaired) electrons. The number of nitrogen functional groups attached to an aromatic ring is 6. The third-order valence-electron chi connectivity index (χ3n) is 19.7. The number of anilines is 6. The van der Waals surface area contributed by atoms with Crippen LogP contribution in [0.1, 0.15) is 120 Å². The average Bonchev–Trinajstić information content (AvgIpc) is 1.64. The first-order valence-electron chi connectivity index (χ1n) is 43.4. The summed E-state index contributed by atoms with van der Waals surface area (Å²) >= 11 is 12.3. The molecule has 0 aliphatic carbocycles. The van der Waals surface area contributed by atoms with E-state index in [1.54, 1.807) is 59.4 Å². The molecule has 0 unspecified atom stereocenters. The Labute approximate surface area is 824 Å². The van der Waals surface area contributed by atoms with Gasteiger partial charge in [0.25, 0.3) is 6.01 Å². The number of rotatable bonds is 35. The third-order valence-corrected chi connectivity index (χ3v) is 21.1. The van der Waals surface area contributed by atoms with Crippen molar-refractivity contribution in [2.45, 2.75) is 95.7 Å². The lowest BCUT2D eigenvalue weighted by Gasteiger charge is -2.09. The highest BCUT2D eigenvalue weighted by molar-refractivity contribution is 9.10. The summed E-state index contributed by atoms with van der Waals surface area (Å²) in [6.45, 7) is 4.17. The number of unbranched alkanes of at least 4 members (excludes halogenated alkanes) is 5. The molecule has 20 N–H and O–H groups in total. The van der Waals surface area contributed by atoms with Crippen LogP contribution in [-0.4, -0.2) is 217 Å². The van der Waals surface area contributed by atoms with Crippen LogP contribution in [0, 0.1) is 56.7 Å². The normalized spacial score (nSPS) is 10.6. The molecule has 728 valence electrons. The summed E-state index contributed by atoms with van der Waals surface area (Å²) in [4.78, 5) is 91.0. The second kappa shape index (κ2) is 53.7. The van der Waals surface area contributed by atoms with Gasteiger partial charge in [0.1, 0.15) is 16.6 Å². The minimum Gasteiger partial charge on any atom is -0.468 e. The summed E-state index contributed by atoms with van der Waals surface area (Å²) in [7, 11) is 1.51. The van der Waals surface area contributed by atoms with Gasteiger partial charge in [0.15, 0.2) is 90.1 Å². The average molecular weight is 2070 g/mol. The van der Waals surface area contributed by atoms with Crippen molar-refractivity contribution in [3.05, 3.63) is 216 Å². The summed E-state index contributed by atoms with van der Waals surface area (Å²) in [5.41, 5.74) is 48.3. The molecule has 0 saturated heterocycles. The van der Waals surface area contributed by atoms with E-state index in [1.165, 1.54) is 24.3 Å². The van der Waals surface area contributed by atoms with Crippen molar-refractivity contribution in [3.8, 4) is 66.4 Å². The predicted octanol–water partition coefficient (Wildman–Crippen LogP) is 9.11. The van der Waals surface area contributed by atoms with Gasteiger partial charge in [0, 0.05) is 38.4 Å². The fourth-order valence-electron chi connectivity index (χ4n) is 12.9. The molecule has 12 aromatic heterocycles. The van der Waals surface area contributed by atoms with Gasteiger partial charge in [-0.05, 0) is 180 Å². The van der Waals surface area contributed by atoms with Gasteiger partial charge in [-0.3, -0.25) is 13.7 Å². The van der Waals surface area contributed by atoms with Crippen molar-refractivity contribution in [2.24, 2.45) is 0 Å². The number of H-pyrrole nitrogens is 3. The van der Waals surface area contributed by atoms with Crippen molar-refractivity contribution < 1.29 is 54.0 Å². The Morgan fingerprint density at radius 2 is 0.730 bits per heavy atom. The molecule has 0 saturated carbocycles. The maximum atomic E-state index is 12.3. The minimum absolute atomic E-state index is 0.0754. The van der Waals surface area contributed by atoms with E-state index < -0.39 is 0 Å². The van der Waals surface area contributed by atoms with Gasteiger partial charge < -0.3 is 108 Å². The number of aromatic nitrogens is 24. The number of imidazole rings is 6. The second-order valence-corrected chi connectivity index (χ2v) is 31.5. The van der Waals surface area contributed by atoms with Crippen LogP contribution in [0.5, 0.6) is 36.1 Å². The number of fused-ring (bicyclic) bond motifs is 6. The highest BCUT2D eigenvalue weighted by atomic mass is 79.9. The van der Waals surface area contributed by atoms with E-state index >= 15 is 0 Å². The van der Waals surface area contributed by atoms with E-state index in [4.69, 9.17) is 126 Å². The molecule has 0 spiro atoms. The van der Waals surface area contributed by atoms with Crippen LogP contribution in [0.15, 0.2) is 150 Å². The van der Waals surface area contributed by atoms with E-state index in [-0.39, 0.29) is 104 Å². The Morgan fingerprint density at radius 3 is 1.16 bits per heavy atom. The lowest BCUT2D eigenvalue weighted by atomic mass is 10.1. The number of methoxy groups -OCH3 is 1. The Kier molecular flexibility index (Phi) is 39.9. The molecule has 0 aliphatic rings. The zero-order valence-corrected chi connectivity index (χ0v) is 79.7. The summed E-state index contributed by atoms with van der Waals surface area (Å²) in [6.07, 6.45) is 11.4. The fourth-order valence-corrected chi connectivity index (χ4v) is 13.9. The Bertz CT molecular complexity index is 7350. The van der Waals surface area contributed by atoms with E-state index in [2.05, 4.69) is 162 Å². The molecule has 47 nitrogen and oxygen atoms in total. The van der Waals surface area contributed by atoms with Crippen LogP contribution >= 0.6 is 43.5 Å². The summed E-state index contributed by atoms with van der Waals surface area (Å²) in [5, 5.41) is 89.4. The van der Waals surface area contributed by atoms with Gasteiger partial charge in [-0.25, -0.2) is 24.7 Å². The number of halogens is 3. The van der Waals surface area contributed by atoms with Gasteiger partial charge in [0.05, 0.1) is 143 Å². The largest absolute Gasteiger partial charge is 0.468 e. The first-order valence-corrected chi connectivity index (χ1v) is 45.6. The fraction of sp³-hybridized carbons (Fsp3) is 0.286. The number of aliphatic hydroxyl groups is 5. The molecule has 141 heavy (non-hydrogen) atoms. The summed E-state index contributed by atoms with van der Waals surface area (Å²) < 4.78 is 40.1. The molecule has 50 heteroatoms. The maximum absolute atomic E-state index is 12.3. The van der Waals surface area contributed by atoms with Crippen molar-refractivity contribution in [3.63, 3.8) is 0 Å². The van der Waals surface area contributed by atoms with Crippen LogP contribution in [0.25, 0.3) is 67.0 Å². The van der Waals surface area contributed by atoms with Gasteiger partial charge in [-0.15, -0.1) is 0 Å². The van der Waals surface area contributed by atoms with E-state index in [9.17, 15) is 4.79 Å². The first kappa shape index (κ1) is 105. The number of hydrogen-bond donors (Lipinski definition) is 14. The highest BCUT2D eigenvalue weighted by Crippen LogP contribution is 2.31. The number of alkyl halides is 1. The SMILES string of the molecule is COc1nc2c(N)nc(OCCCCO)nc2n1Cc1cccc(C#N)c1.N#Cc1cccc(CBr)c1.N#Cc1cccc(Cn2c(=O)[nH]c3c(N)nc(OCCCCO)nc32)c1.N#Cc1cccc(Cn2c(Br)nc3c(N)nc(OCCCCO)nc32)c1.N#Cc1cccc(Cn2cnc3c(N)nc(OCCCCO)nc32)c1.Nc1nc(Cl)nc2nc[nH]c12.Nc1nc(OCCCCO)nc2nc[nH]c12. The molecule has 0 aliphatic heterocycles. The number of hydrogen-bond acceptors (Lipinski definition) is 40. The van der Waals surface area contributed by atoms with Crippen molar-refractivity contribution in [1.29, 1.82) is 26.3 Å². The number of benzene rings is 5. The van der Waals surface area contributed by atoms with Gasteiger partial charge in [0.2, 0.25) is 5.28 Å². The molecule has 12 heterocycles. The van der Waals surface area contributed by atoms with E-state index in [1.807, 2.05) is 81.9 Å². The van der Waals surface area contributed by atoms with Crippen molar-refractivity contribution >= 4 is 145 Å². The molecule has 0 bridgehead atoms. The van der Waals surface area contributed by atoms with Gasteiger partial charge in [-0.1, -0.05) is 76.6 Å². The maximum Gasteiger partial charge on any atom is 0.328 e. The molecule has 0 amide bonds.